The molecule has 0 radical (unpaired) electrons. The Labute approximate surface area is 59.1 Å². The van der Waals surface area contributed by atoms with E-state index >= 15 is 0 Å². The number of ether oxygens (including phenoxy) is 2. The zero-order valence-electron chi connectivity index (χ0n) is 5.96. The summed E-state index contributed by atoms with van der Waals surface area (Å²) in [5, 5.41) is 8.63. The zero-order chi connectivity index (χ0) is 7.98. The van der Waals surface area contributed by atoms with Gasteiger partial charge in [-0.2, -0.15) is 0 Å². The van der Waals surface area contributed by atoms with Crippen molar-refractivity contribution in [3.63, 3.8) is 0 Å². The second-order valence-corrected chi connectivity index (χ2v) is 1.53. The van der Waals surface area contributed by atoms with E-state index in [0.29, 0.717) is 0 Å². The smallest absolute Gasteiger partial charge is 0.309 e. The Hall–Kier alpha value is -1.19. The van der Waals surface area contributed by atoms with E-state index in [1.54, 1.807) is 0 Å². The SMILES string of the molecule is COC(=O)C/C=C(/O)OC. The second-order valence-electron chi connectivity index (χ2n) is 1.53. The normalized spacial score (nSPS) is 10.8. The number of carbonyl (C=O) groups is 1. The minimum atomic E-state index is -0.413. The van der Waals surface area contributed by atoms with Crippen LogP contribution in [-0.4, -0.2) is 25.3 Å². The number of aliphatic hydroxyl groups is 1. The molecule has 4 heteroatoms. The van der Waals surface area contributed by atoms with Gasteiger partial charge in [0.2, 0.25) is 0 Å². The maximum atomic E-state index is 10.4. The van der Waals surface area contributed by atoms with Crippen molar-refractivity contribution in [2.45, 2.75) is 6.42 Å². The molecule has 4 nitrogen and oxygen atoms in total. The Balaban J connectivity index is 3.61. The van der Waals surface area contributed by atoms with Crippen LogP contribution in [0.2, 0.25) is 0 Å². The van der Waals surface area contributed by atoms with Crippen LogP contribution in [0.3, 0.4) is 0 Å². The first-order valence-corrected chi connectivity index (χ1v) is 2.70. The number of methoxy groups -OCH3 is 2. The van der Waals surface area contributed by atoms with Gasteiger partial charge in [0.1, 0.15) is 0 Å². The molecule has 10 heavy (non-hydrogen) atoms. The van der Waals surface area contributed by atoms with Crippen LogP contribution in [0, 0.1) is 0 Å². The summed E-state index contributed by atoms with van der Waals surface area (Å²) in [6.07, 6.45) is 1.25. The fraction of sp³-hybridized carbons (Fsp3) is 0.500. The monoisotopic (exact) mass is 146 g/mol. The molecular weight excluding hydrogens is 136 g/mol. The Bertz CT molecular complexity index is 139. The van der Waals surface area contributed by atoms with Crippen LogP contribution in [0.15, 0.2) is 12.0 Å². The first-order valence-electron chi connectivity index (χ1n) is 2.70. The van der Waals surface area contributed by atoms with Gasteiger partial charge < -0.3 is 14.6 Å². The molecule has 1 N–H and O–H groups in total. The Morgan fingerprint density at radius 2 is 2.10 bits per heavy atom. The maximum Gasteiger partial charge on any atom is 0.309 e. The molecule has 0 aromatic rings. The second kappa shape index (κ2) is 4.67. The molecule has 0 fully saturated rings. The topological polar surface area (TPSA) is 55.8 Å². The number of esters is 1. The molecule has 0 aliphatic heterocycles. The minimum Gasteiger partial charge on any atom is -0.481 e. The van der Waals surface area contributed by atoms with Crippen molar-refractivity contribution in [2.24, 2.45) is 0 Å². The Morgan fingerprint density at radius 1 is 1.50 bits per heavy atom. The molecule has 0 aliphatic rings. The summed E-state index contributed by atoms with van der Waals surface area (Å²) in [6.45, 7) is 0. The molecule has 0 atom stereocenters. The predicted molar refractivity (Wildman–Crippen MR) is 34.4 cm³/mol. The largest absolute Gasteiger partial charge is 0.481 e. The molecule has 0 aromatic heterocycles. The average molecular weight is 146 g/mol. The molecule has 58 valence electrons. The van der Waals surface area contributed by atoms with Crippen LogP contribution < -0.4 is 0 Å². The van der Waals surface area contributed by atoms with Crippen molar-refractivity contribution in [2.75, 3.05) is 14.2 Å². The van der Waals surface area contributed by atoms with Gasteiger partial charge in [-0.3, -0.25) is 4.79 Å². The molecule has 0 amide bonds. The van der Waals surface area contributed by atoms with Gasteiger partial charge in [0.15, 0.2) is 0 Å². The van der Waals surface area contributed by atoms with E-state index in [4.69, 9.17) is 5.11 Å². The predicted octanol–water partition coefficient (Wildman–Crippen LogP) is 0.595. The molecular formula is C6H10O4. The van der Waals surface area contributed by atoms with E-state index in [-0.39, 0.29) is 12.4 Å². The Kier molecular flexibility index (Phi) is 4.11. The summed E-state index contributed by atoms with van der Waals surface area (Å²) in [5.41, 5.74) is 0. The van der Waals surface area contributed by atoms with Gasteiger partial charge >= 0.3 is 5.97 Å². The minimum absolute atomic E-state index is 0.0240. The summed E-state index contributed by atoms with van der Waals surface area (Å²) >= 11 is 0. The molecule has 0 spiro atoms. The van der Waals surface area contributed by atoms with Crippen LogP contribution in [0.25, 0.3) is 0 Å². The third-order valence-corrected chi connectivity index (χ3v) is 0.880. The average Bonchev–Trinajstić information content (AvgIpc) is 1.99. The summed E-state index contributed by atoms with van der Waals surface area (Å²) in [5.74, 6) is -0.686. The van der Waals surface area contributed by atoms with Crippen LogP contribution in [0.5, 0.6) is 0 Å². The van der Waals surface area contributed by atoms with E-state index in [0.717, 1.165) is 0 Å². The van der Waals surface area contributed by atoms with Crippen LogP contribution in [0.1, 0.15) is 6.42 Å². The van der Waals surface area contributed by atoms with Crippen molar-refractivity contribution in [1.82, 2.24) is 0 Å². The number of carbonyl (C=O) groups excluding carboxylic acids is 1. The molecule has 0 saturated carbocycles. The third-order valence-electron chi connectivity index (χ3n) is 0.880. The Morgan fingerprint density at radius 3 is 2.50 bits per heavy atom. The maximum absolute atomic E-state index is 10.4. The lowest BCUT2D eigenvalue weighted by Crippen LogP contribution is -1.98. The van der Waals surface area contributed by atoms with Gasteiger partial charge in [0.05, 0.1) is 20.6 Å². The van der Waals surface area contributed by atoms with Crippen molar-refractivity contribution in [1.29, 1.82) is 0 Å². The van der Waals surface area contributed by atoms with Crippen LogP contribution in [0.4, 0.5) is 0 Å². The van der Waals surface area contributed by atoms with Gasteiger partial charge in [-0.1, -0.05) is 0 Å². The number of aliphatic hydroxyl groups excluding tert-OH is 1. The van der Waals surface area contributed by atoms with Gasteiger partial charge in [0, 0.05) is 6.08 Å². The quantitative estimate of drug-likeness (QED) is 0.467. The number of hydrogen-bond donors (Lipinski definition) is 1. The summed E-state index contributed by atoms with van der Waals surface area (Å²) in [7, 11) is 2.59. The molecule has 0 rings (SSSR count). The molecule has 0 aliphatic carbocycles. The summed E-state index contributed by atoms with van der Waals surface area (Å²) in [6, 6.07) is 0. The number of hydrogen-bond acceptors (Lipinski definition) is 4. The van der Waals surface area contributed by atoms with E-state index < -0.39 is 5.97 Å². The highest BCUT2D eigenvalue weighted by molar-refractivity contribution is 5.70. The van der Waals surface area contributed by atoms with E-state index in [2.05, 4.69) is 9.47 Å². The standard InChI is InChI=1S/C6H10O4/c1-9-5(7)3-4-6(8)10-2/h3,7H,4H2,1-2H3/b5-3-. The first-order chi connectivity index (χ1) is 4.70. The molecule has 0 saturated heterocycles. The third kappa shape index (κ3) is 3.77. The van der Waals surface area contributed by atoms with Crippen molar-refractivity contribution < 1.29 is 19.4 Å². The van der Waals surface area contributed by atoms with Gasteiger partial charge in [-0.05, 0) is 0 Å². The lowest BCUT2D eigenvalue weighted by molar-refractivity contribution is -0.139. The van der Waals surface area contributed by atoms with Crippen molar-refractivity contribution >= 4 is 5.97 Å². The van der Waals surface area contributed by atoms with Crippen LogP contribution >= 0.6 is 0 Å². The lowest BCUT2D eigenvalue weighted by atomic mass is 10.4. The molecule has 0 unspecified atom stereocenters. The van der Waals surface area contributed by atoms with E-state index in [9.17, 15) is 4.79 Å². The van der Waals surface area contributed by atoms with E-state index in [1.165, 1.54) is 20.3 Å². The zero-order valence-corrected chi connectivity index (χ0v) is 5.96. The van der Waals surface area contributed by atoms with Crippen molar-refractivity contribution in [3.8, 4) is 0 Å². The molecule has 0 bridgehead atoms. The highest BCUT2D eigenvalue weighted by Gasteiger charge is 1.97. The molecule has 0 heterocycles. The molecule has 0 aromatic carbocycles. The first kappa shape index (κ1) is 8.81. The highest BCUT2D eigenvalue weighted by atomic mass is 16.6. The van der Waals surface area contributed by atoms with Gasteiger partial charge in [-0.25, -0.2) is 0 Å². The lowest BCUT2D eigenvalue weighted by Gasteiger charge is -1.95. The van der Waals surface area contributed by atoms with Crippen LogP contribution in [-0.2, 0) is 14.3 Å². The van der Waals surface area contributed by atoms with Crippen molar-refractivity contribution in [3.05, 3.63) is 12.0 Å². The highest BCUT2D eigenvalue weighted by Crippen LogP contribution is 1.92. The fourth-order valence-corrected chi connectivity index (χ4v) is 0.337. The number of rotatable bonds is 3. The van der Waals surface area contributed by atoms with Gasteiger partial charge in [0.25, 0.3) is 5.95 Å². The fourth-order valence-electron chi connectivity index (χ4n) is 0.337. The summed E-state index contributed by atoms with van der Waals surface area (Å²) in [4.78, 5) is 10.4. The van der Waals surface area contributed by atoms with Gasteiger partial charge in [-0.15, -0.1) is 0 Å². The summed E-state index contributed by atoms with van der Waals surface area (Å²) < 4.78 is 8.65. The van der Waals surface area contributed by atoms with E-state index in [1.807, 2.05) is 0 Å².